The van der Waals surface area contributed by atoms with Gasteiger partial charge in [-0.1, -0.05) is 42.5 Å². The van der Waals surface area contributed by atoms with Gasteiger partial charge >= 0.3 is 6.03 Å². The van der Waals surface area contributed by atoms with Crippen LogP contribution in [0.15, 0.2) is 78.9 Å². The lowest BCUT2D eigenvalue weighted by atomic mass is 9.92. The summed E-state index contributed by atoms with van der Waals surface area (Å²) in [5.41, 5.74) is 11.3. The molecule has 3 amide bonds. The van der Waals surface area contributed by atoms with Gasteiger partial charge in [0.05, 0.1) is 29.3 Å². The third kappa shape index (κ3) is 6.03. The van der Waals surface area contributed by atoms with Gasteiger partial charge in [-0.3, -0.25) is 14.9 Å². The smallest absolute Gasteiger partial charge is 0.321 e. The summed E-state index contributed by atoms with van der Waals surface area (Å²) in [5, 5.41) is 13.8. The molecule has 0 aliphatic carbocycles. The van der Waals surface area contributed by atoms with E-state index in [2.05, 4.69) is 20.8 Å². The number of piperidine rings is 1. The maximum absolute atomic E-state index is 13.7. The predicted molar refractivity (Wildman–Crippen MR) is 167 cm³/mol. The lowest BCUT2D eigenvalue weighted by Crippen LogP contribution is -2.40. The number of para-hydroxylation sites is 1. The number of nitrogen functional groups attached to an aromatic ring is 1. The summed E-state index contributed by atoms with van der Waals surface area (Å²) in [6.45, 7) is 1.47. The van der Waals surface area contributed by atoms with Crippen LogP contribution in [0.3, 0.4) is 0 Å². The molecule has 2 aromatic heterocycles. The molecule has 0 radical (unpaired) electrons. The molecule has 10 nitrogen and oxygen atoms in total. The van der Waals surface area contributed by atoms with Crippen LogP contribution in [0.25, 0.3) is 22.2 Å². The number of carbonyl (C=O) groups excluding carboxylic acids is 2. The Labute approximate surface area is 253 Å². The number of likely N-dealkylation sites (tertiary alicyclic amines) is 1. The number of carbonyl (C=O) groups is 2. The number of H-pyrrole nitrogens is 1. The van der Waals surface area contributed by atoms with Crippen molar-refractivity contribution in [3.8, 4) is 17.0 Å². The number of nitrogens with two attached hydrogens (primary N) is 1. The summed E-state index contributed by atoms with van der Waals surface area (Å²) in [7, 11) is 1.43. The van der Waals surface area contributed by atoms with Gasteiger partial charge in [0.1, 0.15) is 11.6 Å². The van der Waals surface area contributed by atoms with Gasteiger partial charge in [0.15, 0.2) is 5.82 Å². The van der Waals surface area contributed by atoms with Crippen molar-refractivity contribution in [2.24, 2.45) is 0 Å². The number of rotatable bonds is 7. The molecule has 6 rings (SSSR count). The normalized spacial score (nSPS) is 13.5. The number of nitrogens with zero attached hydrogens (tertiary/aromatic N) is 3. The van der Waals surface area contributed by atoms with E-state index in [1.54, 1.807) is 0 Å². The van der Waals surface area contributed by atoms with E-state index < -0.39 is 11.7 Å². The Balaban J connectivity index is 1.16. The summed E-state index contributed by atoms with van der Waals surface area (Å²) in [4.78, 5) is 32.4. The minimum atomic E-state index is -0.515. The number of hydrogen-bond acceptors (Lipinski definition) is 6. The second-order valence-electron chi connectivity index (χ2n) is 10.7. The number of hydrogen-bond donors (Lipinski definition) is 4. The molecule has 5 N–H and O–H groups in total. The maximum Gasteiger partial charge on any atom is 0.321 e. The van der Waals surface area contributed by atoms with Crippen LogP contribution in [0.1, 0.15) is 40.4 Å². The van der Waals surface area contributed by atoms with Gasteiger partial charge in [0.25, 0.3) is 5.91 Å². The lowest BCUT2D eigenvalue weighted by Gasteiger charge is -2.32. The van der Waals surface area contributed by atoms with E-state index in [0.29, 0.717) is 30.4 Å². The first-order valence-corrected chi connectivity index (χ1v) is 14.4. The number of methoxy groups -OCH3 is 1. The van der Waals surface area contributed by atoms with Crippen molar-refractivity contribution in [3.05, 3.63) is 102 Å². The Morgan fingerprint density at radius 3 is 2.52 bits per heavy atom. The molecule has 3 heterocycles. The first-order valence-electron chi connectivity index (χ1n) is 14.4. The standard InChI is InChI=1S/C33H32FN7O3/c1-44-28-12-11-23(34)17-25(28)32(42)36-19-20-7-9-22(10-8-20)30-29-27(39-40-31(29)35)18-26(38-30)21-13-15-41(16-14-21)33(43)37-24-5-3-2-4-6-24/h2-12,17-18,21H,13-16,19H2,1H3,(H,36,42)(H,37,43)(H3,35,39,40). The zero-order valence-electron chi connectivity index (χ0n) is 24.1. The molecule has 1 saturated heterocycles. The molecular weight excluding hydrogens is 561 g/mol. The van der Waals surface area contributed by atoms with Crippen molar-refractivity contribution in [1.29, 1.82) is 0 Å². The minimum Gasteiger partial charge on any atom is -0.496 e. The lowest BCUT2D eigenvalue weighted by molar-refractivity contribution is 0.0947. The number of fused-ring (bicyclic) bond motifs is 1. The van der Waals surface area contributed by atoms with Gasteiger partial charge in [-0.25, -0.2) is 9.18 Å². The van der Waals surface area contributed by atoms with Gasteiger partial charge in [-0.15, -0.1) is 0 Å². The number of ether oxygens (including phenoxy) is 1. The molecule has 1 aliphatic heterocycles. The number of aromatic amines is 1. The Morgan fingerprint density at radius 2 is 1.80 bits per heavy atom. The molecular formula is C33H32FN7O3. The molecule has 0 saturated carbocycles. The van der Waals surface area contributed by atoms with Crippen LogP contribution in [0.4, 0.5) is 20.7 Å². The Hall–Kier alpha value is -5.45. The van der Waals surface area contributed by atoms with Gasteiger partial charge in [-0.05, 0) is 54.8 Å². The van der Waals surface area contributed by atoms with Crippen LogP contribution in [-0.4, -0.2) is 52.2 Å². The number of pyridine rings is 1. The van der Waals surface area contributed by atoms with Crippen molar-refractivity contribution in [3.63, 3.8) is 0 Å². The van der Waals surface area contributed by atoms with E-state index in [1.165, 1.54) is 19.2 Å². The highest BCUT2D eigenvalue weighted by atomic mass is 19.1. The van der Waals surface area contributed by atoms with Crippen LogP contribution in [0, 0.1) is 5.82 Å². The summed E-state index contributed by atoms with van der Waals surface area (Å²) >= 11 is 0. The highest BCUT2D eigenvalue weighted by molar-refractivity contribution is 6.00. The van der Waals surface area contributed by atoms with E-state index in [0.717, 1.165) is 52.3 Å². The van der Waals surface area contributed by atoms with E-state index in [9.17, 15) is 14.0 Å². The van der Waals surface area contributed by atoms with E-state index in [-0.39, 0.29) is 24.1 Å². The minimum absolute atomic E-state index is 0.105. The van der Waals surface area contributed by atoms with Crippen LogP contribution in [-0.2, 0) is 6.54 Å². The summed E-state index contributed by atoms with van der Waals surface area (Å²) in [6, 6.07) is 22.8. The third-order valence-electron chi connectivity index (χ3n) is 7.90. The Morgan fingerprint density at radius 1 is 1.05 bits per heavy atom. The number of benzene rings is 3. The number of anilines is 2. The van der Waals surface area contributed by atoms with Gasteiger partial charge in [0, 0.05) is 42.5 Å². The van der Waals surface area contributed by atoms with Crippen molar-refractivity contribution in [1.82, 2.24) is 25.4 Å². The van der Waals surface area contributed by atoms with Crippen molar-refractivity contribution in [2.45, 2.75) is 25.3 Å². The monoisotopic (exact) mass is 593 g/mol. The van der Waals surface area contributed by atoms with Crippen LogP contribution in [0.5, 0.6) is 5.75 Å². The Bertz CT molecular complexity index is 1800. The topological polar surface area (TPSA) is 138 Å². The zero-order chi connectivity index (χ0) is 30.6. The zero-order valence-corrected chi connectivity index (χ0v) is 24.1. The first kappa shape index (κ1) is 28.7. The molecule has 0 atom stereocenters. The van der Waals surface area contributed by atoms with E-state index >= 15 is 0 Å². The summed E-state index contributed by atoms with van der Waals surface area (Å²) in [6.07, 6.45) is 1.55. The highest BCUT2D eigenvalue weighted by Crippen LogP contribution is 2.35. The van der Waals surface area contributed by atoms with Crippen LogP contribution >= 0.6 is 0 Å². The third-order valence-corrected chi connectivity index (χ3v) is 7.90. The van der Waals surface area contributed by atoms with Crippen molar-refractivity contribution in [2.75, 3.05) is 31.2 Å². The Kier molecular flexibility index (Phi) is 8.09. The number of urea groups is 1. The maximum atomic E-state index is 13.7. The van der Waals surface area contributed by atoms with Crippen LogP contribution in [0.2, 0.25) is 0 Å². The van der Waals surface area contributed by atoms with Gasteiger partial charge < -0.3 is 26.0 Å². The molecule has 0 bridgehead atoms. The largest absolute Gasteiger partial charge is 0.496 e. The molecule has 1 fully saturated rings. The fourth-order valence-electron chi connectivity index (χ4n) is 5.52. The van der Waals surface area contributed by atoms with E-state index in [1.807, 2.05) is 65.6 Å². The second-order valence-corrected chi connectivity index (χ2v) is 10.7. The molecule has 11 heteroatoms. The average Bonchev–Trinajstić information content (AvgIpc) is 3.44. The summed E-state index contributed by atoms with van der Waals surface area (Å²) in [5.74, 6) is -0.122. The summed E-state index contributed by atoms with van der Waals surface area (Å²) < 4.78 is 18.9. The van der Waals surface area contributed by atoms with Crippen LogP contribution < -0.4 is 21.1 Å². The molecule has 1 aliphatic rings. The molecule has 5 aromatic rings. The second kappa shape index (κ2) is 12.4. The molecule has 0 unspecified atom stereocenters. The van der Waals surface area contributed by atoms with Crippen molar-refractivity contribution < 1.29 is 18.7 Å². The number of halogens is 1. The average molecular weight is 594 g/mol. The fraction of sp³-hybridized carbons (Fsp3) is 0.212. The van der Waals surface area contributed by atoms with Gasteiger partial charge in [0.2, 0.25) is 0 Å². The van der Waals surface area contributed by atoms with E-state index in [4.69, 9.17) is 15.5 Å². The molecule has 44 heavy (non-hydrogen) atoms. The number of amides is 3. The first-order chi connectivity index (χ1) is 21.4. The molecule has 224 valence electrons. The quantitative estimate of drug-likeness (QED) is 0.191. The SMILES string of the molecule is COc1ccc(F)cc1C(=O)NCc1ccc(-c2nc(C3CCN(C(=O)Nc4ccccc4)CC3)cc3[nH]nc(N)c23)cc1. The highest BCUT2D eigenvalue weighted by Gasteiger charge is 2.26. The number of aromatic nitrogens is 3. The molecule has 0 spiro atoms. The number of nitrogens with one attached hydrogen (secondary N) is 3. The van der Waals surface area contributed by atoms with Gasteiger partial charge in [-0.2, -0.15) is 5.10 Å². The predicted octanol–water partition coefficient (Wildman–Crippen LogP) is 5.70. The fourth-order valence-corrected chi connectivity index (χ4v) is 5.52. The van der Waals surface area contributed by atoms with Crippen molar-refractivity contribution >= 4 is 34.3 Å². The molecule has 3 aromatic carbocycles.